The molecule has 0 bridgehead atoms. The van der Waals surface area contributed by atoms with E-state index in [0.29, 0.717) is 37.6 Å². The number of sulfonamides is 1. The number of benzene rings is 2. The summed E-state index contributed by atoms with van der Waals surface area (Å²) in [5.41, 5.74) is 1.51. The van der Waals surface area contributed by atoms with Crippen LogP contribution in [0.1, 0.15) is 31.2 Å². The van der Waals surface area contributed by atoms with Crippen LogP contribution in [0.2, 0.25) is 0 Å². The van der Waals surface area contributed by atoms with Crippen LogP contribution < -0.4 is 14.8 Å². The Bertz CT molecular complexity index is 968. The Morgan fingerprint density at radius 3 is 2.47 bits per heavy atom. The lowest BCUT2D eigenvalue weighted by Crippen LogP contribution is -2.28. The molecule has 2 aromatic rings. The highest BCUT2D eigenvalue weighted by Gasteiger charge is 2.28. The van der Waals surface area contributed by atoms with E-state index in [1.54, 1.807) is 6.07 Å². The highest BCUT2D eigenvalue weighted by molar-refractivity contribution is 7.89. The maximum absolute atomic E-state index is 12.8. The number of nitrogens with one attached hydrogen (secondary N) is 1. The van der Waals surface area contributed by atoms with Gasteiger partial charge in [-0.1, -0.05) is 17.7 Å². The summed E-state index contributed by atoms with van der Waals surface area (Å²) >= 11 is 0. The molecule has 2 aromatic carbocycles. The molecule has 1 fully saturated rings. The maximum Gasteiger partial charge on any atom is 0.243 e. The number of anilines is 1. The largest absolute Gasteiger partial charge is 0.495 e. The Balaban J connectivity index is 1.58. The van der Waals surface area contributed by atoms with Crippen molar-refractivity contribution in [2.24, 2.45) is 0 Å². The van der Waals surface area contributed by atoms with Gasteiger partial charge in [0.1, 0.15) is 11.5 Å². The number of hydrogen-bond acceptors (Lipinski definition) is 5. The zero-order valence-electron chi connectivity index (χ0n) is 17.4. The van der Waals surface area contributed by atoms with E-state index in [4.69, 9.17) is 9.47 Å². The first-order chi connectivity index (χ1) is 14.4. The van der Waals surface area contributed by atoms with Crippen molar-refractivity contribution in [1.82, 2.24) is 4.31 Å². The van der Waals surface area contributed by atoms with Crippen molar-refractivity contribution in [3.8, 4) is 11.5 Å². The monoisotopic (exact) mass is 432 g/mol. The van der Waals surface area contributed by atoms with Crippen LogP contribution in [-0.2, 0) is 14.8 Å². The van der Waals surface area contributed by atoms with Gasteiger partial charge in [0.05, 0.1) is 24.3 Å². The summed E-state index contributed by atoms with van der Waals surface area (Å²) in [4.78, 5) is 12.5. The third-order valence-corrected chi connectivity index (χ3v) is 6.88. The molecule has 1 aliphatic rings. The van der Waals surface area contributed by atoms with Crippen LogP contribution in [-0.4, -0.2) is 45.4 Å². The van der Waals surface area contributed by atoms with Gasteiger partial charge in [0, 0.05) is 19.5 Å². The molecule has 0 saturated carbocycles. The molecule has 1 N–H and O–H groups in total. The van der Waals surface area contributed by atoms with Crippen LogP contribution >= 0.6 is 0 Å². The predicted molar refractivity (Wildman–Crippen MR) is 116 cm³/mol. The predicted octanol–water partition coefficient (Wildman–Crippen LogP) is 3.59. The number of aryl methyl sites for hydroxylation is 1. The molecule has 30 heavy (non-hydrogen) atoms. The number of ether oxygens (including phenoxy) is 2. The number of rotatable bonds is 9. The molecule has 0 aliphatic carbocycles. The number of hydrogen-bond donors (Lipinski definition) is 1. The molecule has 162 valence electrons. The maximum atomic E-state index is 12.8. The Morgan fingerprint density at radius 2 is 1.80 bits per heavy atom. The average Bonchev–Trinajstić information content (AvgIpc) is 3.28. The molecule has 8 heteroatoms. The minimum Gasteiger partial charge on any atom is -0.495 e. The number of amides is 1. The van der Waals surface area contributed by atoms with Gasteiger partial charge in [-0.15, -0.1) is 0 Å². The van der Waals surface area contributed by atoms with E-state index in [1.165, 1.54) is 23.5 Å². The number of nitrogens with zero attached hydrogens (tertiary/aromatic N) is 1. The van der Waals surface area contributed by atoms with Crippen LogP contribution in [0.3, 0.4) is 0 Å². The Labute approximate surface area is 178 Å². The SMILES string of the molecule is COc1ccc(S(=O)(=O)N2CCCC2)cc1NC(=O)CCCOc1ccc(C)cc1. The standard InChI is InChI=1S/C22H28N2O5S/c1-17-7-9-18(10-8-17)29-15-5-6-22(25)23-20-16-19(11-12-21(20)28-2)30(26,27)24-13-3-4-14-24/h7-12,16H,3-6,13-15H2,1-2H3,(H,23,25). The van der Waals surface area contributed by atoms with Crippen LogP contribution in [0.5, 0.6) is 11.5 Å². The van der Waals surface area contributed by atoms with E-state index < -0.39 is 10.0 Å². The molecular weight excluding hydrogens is 404 g/mol. The van der Waals surface area contributed by atoms with Gasteiger partial charge in [0.15, 0.2) is 0 Å². The Hall–Kier alpha value is -2.58. The second-order valence-electron chi connectivity index (χ2n) is 7.29. The van der Waals surface area contributed by atoms with E-state index in [0.717, 1.165) is 24.2 Å². The summed E-state index contributed by atoms with van der Waals surface area (Å²) < 4.78 is 38.0. The van der Waals surface area contributed by atoms with E-state index in [-0.39, 0.29) is 17.2 Å². The topological polar surface area (TPSA) is 84.9 Å². The zero-order chi connectivity index (χ0) is 21.6. The van der Waals surface area contributed by atoms with Crippen molar-refractivity contribution in [2.75, 3.05) is 32.1 Å². The van der Waals surface area contributed by atoms with Crippen molar-refractivity contribution in [2.45, 2.75) is 37.5 Å². The molecule has 7 nitrogen and oxygen atoms in total. The Morgan fingerprint density at radius 1 is 1.10 bits per heavy atom. The fourth-order valence-corrected chi connectivity index (χ4v) is 4.84. The number of carbonyl (C=O) groups excluding carboxylic acids is 1. The van der Waals surface area contributed by atoms with Crippen LogP contribution in [0.15, 0.2) is 47.4 Å². The molecule has 0 unspecified atom stereocenters. The van der Waals surface area contributed by atoms with Gasteiger partial charge >= 0.3 is 0 Å². The summed E-state index contributed by atoms with van der Waals surface area (Å²) in [6.07, 6.45) is 2.51. The van der Waals surface area contributed by atoms with Gasteiger partial charge in [-0.3, -0.25) is 4.79 Å². The second-order valence-corrected chi connectivity index (χ2v) is 9.22. The smallest absolute Gasteiger partial charge is 0.243 e. The summed E-state index contributed by atoms with van der Waals surface area (Å²) in [6.45, 7) is 3.47. The minimum atomic E-state index is -3.57. The third kappa shape index (κ3) is 5.52. The van der Waals surface area contributed by atoms with E-state index in [9.17, 15) is 13.2 Å². The lowest BCUT2D eigenvalue weighted by Gasteiger charge is -2.17. The lowest BCUT2D eigenvalue weighted by atomic mass is 10.2. The molecule has 0 atom stereocenters. The van der Waals surface area contributed by atoms with Crippen molar-refractivity contribution in [3.63, 3.8) is 0 Å². The van der Waals surface area contributed by atoms with Gasteiger partial charge in [-0.25, -0.2) is 8.42 Å². The van der Waals surface area contributed by atoms with Gasteiger partial charge in [0.2, 0.25) is 15.9 Å². The first-order valence-corrected chi connectivity index (χ1v) is 11.5. The van der Waals surface area contributed by atoms with E-state index >= 15 is 0 Å². The number of methoxy groups -OCH3 is 1. The van der Waals surface area contributed by atoms with Crippen LogP contribution in [0.25, 0.3) is 0 Å². The molecule has 0 radical (unpaired) electrons. The van der Waals surface area contributed by atoms with Crippen LogP contribution in [0.4, 0.5) is 5.69 Å². The molecular formula is C22H28N2O5S. The molecule has 1 saturated heterocycles. The van der Waals surface area contributed by atoms with E-state index in [1.807, 2.05) is 31.2 Å². The summed E-state index contributed by atoms with van der Waals surface area (Å²) in [6, 6.07) is 12.3. The molecule has 1 heterocycles. The van der Waals surface area contributed by atoms with E-state index in [2.05, 4.69) is 5.32 Å². The molecule has 0 spiro atoms. The zero-order valence-corrected chi connectivity index (χ0v) is 18.2. The van der Waals surface area contributed by atoms with Gasteiger partial charge in [0.25, 0.3) is 0 Å². The lowest BCUT2D eigenvalue weighted by molar-refractivity contribution is -0.116. The first kappa shape index (κ1) is 22.1. The Kier molecular flexibility index (Phi) is 7.33. The summed E-state index contributed by atoms with van der Waals surface area (Å²) in [5, 5.41) is 2.77. The molecule has 3 rings (SSSR count). The molecule has 0 aromatic heterocycles. The van der Waals surface area contributed by atoms with Crippen molar-refractivity contribution >= 4 is 21.6 Å². The van der Waals surface area contributed by atoms with Crippen molar-refractivity contribution in [1.29, 1.82) is 0 Å². The highest BCUT2D eigenvalue weighted by atomic mass is 32.2. The third-order valence-electron chi connectivity index (χ3n) is 4.99. The average molecular weight is 433 g/mol. The fraction of sp³-hybridized carbons (Fsp3) is 0.409. The van der Waals surface area contributed by atoms with Crippen molar-refractivity contribution in [3.05, 3.63) is 48.0 Å². The second kappa shape index (κ2) is 9.95. The summed E-state index contributed by atoms with van der Waals surface area (Å²) in [5.74, 6) is 0.957. The molecule has 1 amide bonds. The number of carbonyl (C=O) groups is 1. The van der Waals surface area contributed by atoms with Gasteiger partial charge < -0.3 is 14.8 Å². The molecule has 1 aliphatic heterocycles. The minimum absolute atomic E-state index is 0.156. The quantitative estimate of drug-likeness (QED) is 0.612. The summed E-state index contributed by atoms with van der Waals surface area (Å²) in [7, 11) is -2.09. The highest BCUT2D eigenvalue weighted by Crippen LogP contribution is 2.30. The normalized spacial score (nSPS) is 14.5. The van der Waals surface area contributed by atoms with Crippen molar-refractivity contribution < 1.29 is 22.7 Å². The first-order valence-electron chi connectivity index (χ1n) is 10.1. The van der Waals surface area contributed by atoms with Gasteiger partial charge in [-0.2, -0.15) is 4.31 Å². The van der Waals surface area contributed by atoms with Crippen LogP contribution in [0, 0.1) is 6.92 Å². The van der Waals surface area contributed by atoms with Gasteiger partial charge in [-0.05, 0) is 56.5 Å². The fourth-order valence-electron chi connectivity index (χ4n) is 3.29.